The second kappa shape index (κ2) is 6.23. The molecule has 0 bridgehead atoms. The molecule has 1 fully saturated rings. The third kappa shape index (κ3) is 2.87. The molecule has 6 heteroatoms. The van der Waals surface area contributed by atoms with E-state index in [0.29, 0.717) is 25.3 Å². The molecule has 2 rings (SSSR count). The van der Waals surface area contributed by atoms with Gasteiger partial charge in [0.15, 0.2) is 0 Å². The summed E-state index contributed by atoms with van der Waals surface area (Å²) in [5.41, 5.74) is 1.07. The normalized spacial score (nSPS) is 21.5. The fourth-order valence-electron chi connectivity index (χ4n) is 2.82. The molecule has 1 aromatic carbocycles. The van der Waals surface area contributed by atoms with Gasteiger partial charge in [0.1, 0.15) is 5.75 Å². The number of nitrogens with zero attached hydrogens (tertiary/aromatic N) is 1. The number of ether oxygens (including phenoxy) is 2. The van der Waals surface area contributed by atoms with Gasteiger partial charge < -0.3 is 19.5 Å². The van der Waals surface area contributed by atoms with Crippen LogP contribution in [0.2, 0.25) is 0 Å². The minimum Gasteiger partial charge on any atom is -0.495 e. The fourth-order valence-corrected chi connectivity index (χ4v) is 3.26. The van der Waals surface area contributed by atoms with E-state index in [-0.39, 0.29) is 12.6 Å². The maximum atomic E-state index is 11.9. The molecule has 0 saturated carbocycles. The second-order valence-corrected chi connectivity index (χ2v) is 6.31. The average molecular weight is 358 g/mol. The van der Waals surface area contributed by atoms with Crippen LogP contribution in [-0.4, -0.2) is 38.4 Å². The van der Waals surface area contributed by atoms with Crippen LogP contribution in [0.3, 0.4) is 0 Å². The van der Waals surface area contributed by atoms with E-state index in [2.05, 4.69) is 20.8 Å². The molecule has 0 aliphatic carbocycles. The van der Waals surface area contributed by atoms with Crippen molar-refractivity contribution in [2.75, 3.05) is 32.2 Å². The number of methoxy groups -OCH3 is 2. The molecule has 1 unspecified atom stereocenters. The van der Waals surface area contributed by atoms with E-state index in [0.717, 1.165) is 15.7 Å². The van der Waals surface area contributed by atoms with E-state index in [1.54, 1.807) is 7.11 Å². The lowest BCUT2D eigenvalue weighted by atomic mass is 9.90. The van der Waals surface area contributed by atoms with Crippen LogP contribution < -0.4 is 9.64 Å². The predicted octanol–water partition coefficient (Wildman–Crippen LogP) is 2.34. The Bertz CT molecular complexity index is 549. The molecule has 0 aromatic heterocycles. The SMILES string of the molecule is COC(=O)C1(C)CCN(c2c(OC)ccc(Br)c2CO)C1. The summed E-state index contributed by atoms with van der Waals surface area (Å²) in [5.74, 6) is 0.487. The number of esters is 1. The number of carbonyl (C=O) groups is 1. The van der Waals surface area contributed by atoms with Crippen LogP contribution in [0.15, 0.2) is 16.6 Å². The maximum Gasteiger partial charge on any atom is 0.313 e. The highest BCUT2D eigenvalue weighted by molar-refractivity contribution is 9.10. The summed E-state index contributed by atoms with van der Waals surface area (Å²) in [7, 11) is 3.01. The molecule has 1 heterocycles. The molecular formula is C15H20BrNO4. The van der Waals surface area contributed by atoms with Crippen LogP contribution in [0.25, 0.3) is 0 Å². The van der Waals surface area contributed by atoms with Crippen molar-refractivity contribution in [3.05, 3.63) is 22.2 Å². The van der Waals surface area contributed by atoms with E-state index in [1.807, 2.05) is 19.1 Å². The van der Waals surface area contributed by atoms with Crippen LogP contribution in [0.5, 0.6) is 5.75 Å². The first-order valence-electron chi connectivity index (χ1n) is 6.76. The van der Waals surface area contributed by atoms with Crippen molar-refractivity contribution >= 4 is 27.6 Å². The van der Waals surface area contributed by atoms with Crippen molar-refractivity contribution in [3.63, 3.8) is 0 Å². The minimum absolute atomic E-state index is 0.0987. The zero-order valence-corrected chi connectivity index (χ0v) is 14.1. The molecular weight excluding hydrogens is 338 g/mol. The topological polar surface area (TPSA) is 59.0 Å². The van der Waals surface area contributed by atoms with Crippen LogP contribution in [-0.2, 0) is 16.1 Å². The molecule has 0 amide bonds. The van der Waals surface area contributed by atoms with Crippen molar-refractivity contribution < 1.29 is 19.4 Å². The number of halogens is 1. The lowest BCUT2D eigenvalue weighted by molar-refractivity contribution is -0.150. The third-order valence-corrected chi connectivity index (χ3v) is 4.78. The highest BCUT2D eigenvalue weighted by atomic mass is 79.9. The van der Waals surface area contributed by atoms with Gasteiger partial charge in [-0.15, -0.1) is 0 Å². The van der Waals surface area contributed by atoms with Gasteiger partial charge in [0.25, 0.3) is 0 Å². The Labute approximate surface area is 133 Å². The summed E-state index contributed by atoms with van der Waals surface area (Å²) < 4.78 is 11.1. The molecule has 0 radical (unpaired) electrons. The van der Waals surface area contributed by atoms with Gasteiger partial charge in [0.2, 0.25) is 0 Å². The quantitative estimate of drug-likeness (QED) is 0.838. The highest BCUT2D eigenvalue weighted by Gasteiger charge is 2.42. The number of benzene rings is 1. The first-order valence-corrected chi connectivity index (χ1v) is 7.55. The average Bonchev–Trinajstić information content (AvgIpc) is 2.89. The molecule has 1 N–H and O–H groups in total. The monoisotopic (exact) mass is 357 g/mol. The standard InChI is InChI=1S/C15H20BrNO4/c1-15(14(19)21-3)6-7-17(9-15)13-10(8-18)11(16)4-5-12(13)20-2/h4-5,18H,6-9H2,1-3H3. The summed E-state index contributed by atoms with van der Waals surface area (Å²) in [6, 6.07) is 3.70. The summed E-state index contributed by atoms with van der Waals surface area (Å²) in [5, 5.41) is 9.66. The van der Waals surface area contributed by atoms with Crippen LogP contribution in [0, 0.1) is 5.41 Å². The summed E-state index contributed by atoms with van der Waals surface area (Å²) >= 11 is 3.46. The van der Waals surface area contributed by atoms with Crippen LogP contribution in [0.4, 0.5) is 5.69 Å². The Balaban J connectivity index is 2.40. The van der Waals surface area contributed by atoms with Crippen LogP contribution in [0.1, 0.15) is 18.9 Å². The molecule has 5 nitrogen and oxygen atoms in total. The van der Waals surface area contributed by atoms with Gasteiger partial charge in [-0.1, -0.05) is 15.9 Å². The molecule has 1 atom stereocenters. The van der Waals surface area contributed by atoms with E-state index < -0.39 is 5.41 Å². The molecule has 21 heavy (non-hydrogen) atoms. The maximum absolute atomic E-state index is 11.9. The van der Waals surface area contributed by atoms with Gasteiger partial charge in [-0.2, -0.15) is 0 Å². The number of carbonyl (C=O) groups excluding carboxylic acids is 1. The smallest absolute Gasteiger partial charge is 0.313 e. The summed E-state index contributed by atoms with van der Waals surface area (Å²) in [6.45, 7) is 3.06. The fraction of sp³-hybridized carbons (Fsp3) is 0.533. The number of hydrogen-bond donors (Lipinski definition) is 1. The van der Waals surface area contributed by atoms with Gasteiger partial charge in [0.05, 0.1) is 31.9 Å². The van der Waals surface area contributed by atoms with Crippen LogP contribution >= 0.6 is 15.9 Å². The molecule has 1 aliphatic rings. The zero-order valence-electron chi connectivity index (χ0n) is 12.5. The van der Waals surface area contributed by atoms with E-state index in [9.17, 15) is 9.90 Å². The molecule has 1 aromatic rings. The lowest BCUT2D eigenvalue weighted by Gasteiger charge is -2.26. The number of hydrogen-bond acceptors (Lipinski definition) is 5. The van der Waals surface area contributed by atoms with Gasteiger partial charge in [-0.3, -0.25) is 4.79 Å². The van der Waals surface area contributed by atoms with Crippen molar-refractivity contribution in [2.45, 2.75) is 20.0 Å². The van der Waals surface area contributed by atoms with Crippen molar-refractivity contribution in [1.29, 1.82) is 0 Å². The predicted molar refractivity (Wildman–Crippen MR) is 83.6 cm³/mol. The molecule has 1 saturated heterocycles. The second-order valence-electron chi connectivity index (χ2n) is 5.46. The van der Waals surface area contributed by atoms with Crippen molar-refractivity contribution in [2.24, 2.45) is 5.41 Å². The number of rotatable bonds is 4. The lowest BCUT2D eigenvalue weighted by Crippen LogP contribution is -2.33. The first-order chi connectivity index (χ1) is 9.96. The Morgan fingerprint density at radius 2 is 2.19 bits per heavy atom. The molecule has 0 spiro atoms. The van der Waals surface area contributed by atoms with Gasteiger partial charge in [0, 0.05) is 23.1 Å². The van der Waals surface area contributed by atoms with Gasteiger partial charge >= 0.3 is 5.97 Å². The Morgan fingerprint density at radius 3 is 2.76 bits per heavy atom. The Kier molecular flexibility index (Phi) is 4.78. The van der Waals surface area contributed by atoms with E-state index >= 15 is 0 Å². The largest absolute Gasteiger partial charge is 0.495 e. The summed E-state index contributed by atoms with van der Waals surface area (Å²) in [6.07, 6.45) is 0.709. The first kappa shape index (κ1) is 16.1. The number of aliphatic hydroxyl groups excluding tert-OH is 1. The third-order valence-electron chi connectivity index (χ3n) is 4.03. The van der Waals surface area contributed by atoms with Gasteiger partial charge in [-0.25, -0.2) is 0 Å². The molecule has 1 aliphatic heterocycles. The van der Waals surface area contributed by atoms with Gasteiger partial charge in [-0.05, 0) is 25.5 Å². The number of aliphatic hydroxyl groups is 1. The summed E-state index contributed by atoms with van der Waals surface area (Å²) in [4.78, 5) is 14.0. The highest BCUT2D eigenvalue weighted by Crippen LogP contribution is 2.42. The minimum atomic E-state index is -0.533. The van der Waals surface area contributed by atoms with E-state index in [4.69, 9.17) is 9.47 Å². The molecule has 116 valence electrons. The zero-order chi connectivity index (χ0) is 15.6. The van der Waals surface area contributed by atoms with Crippen molar-refractivity contribution in [1.82, 2.24) is 0 Å². The van der Waals surface area contributed by atoms with E-state index in [1.165, 1.54) is 7.11 Å². The number of anilines is 1. The Morgan fingerprint density at radius 1 is 1.48 bits per heavy atom. The van der Waals surface area contributed by atoms with Crippen molar-refractivity contribution in [3.8, 4) is 5.75 Å². The Hall–Kier alpha value is -1.27.